The number of nitrogens with two attached hydrogens (primary N) is 1. The van der Waals surface area contributed by atoms with Gasteiger partial charge in [-0.25, -0.2) is 8.78 Å². The van der Waals surface area contributed by atoms with Gasteiger partial charge in [-0.2, -0.15) is 0 Å². The predicted octanol–water partition coefficient (Wildman–Crippen LogP) is 3.68. The van der Waals surface area contributed by atoms with Gasteiger partial charge in [0, 0.05) is 23.4 Å². The Balaban J connectivity index is 1.82. The molecule has 0 spiro atoms. The molecule has 0 aromatic heterocycles. The fourth-order valence-corrected chi connectivity index (χ4v) is 4.84. The number of aryl methyl sites for hydroxylation is 1. The van der Waals surface area contributed by atoms with E-state index in [1.165, 1.54) is 55.2 Å². The van der Waals surface area contributed by atoms with Crippen LogP contribution in [0.5, 0.6) is 5.75 Å². The largest absolute Gasteiger partial charge is 0.451 e. The van der Waals surface area contributed by atoms with Crippen molar-refractivity contribution in [3.63, 3.8) is 0 Å². The van der Waals surface area contributed by atoms with Gasteiger partial charge in [0.15, 0.2) is 5.76 Å². The number of nitrogens with zero attached hydrogens (tertiary/aromatic N) is 1. The van der Waals surface area contributed by atoms with Gasteiger partial charge in [-0.1, -0.05) is 0 Å². The molecular formula is C29H34F2N4O5. The minimum absolute atomic E-state index is 0.0655. The van der Waals surface area contributed by atoms with Crippen LogP contribution in [-0.2, 0) is 9.59 Å². The predicted molar refractivity (Wildman–Crippen MR) is 145 cm³/mol. The van der Waals surface area contributed by atoms with Gasteiger partial charge >= 0.3 is 0 Å². The Morgan fingerprint density at radius 2 is 1.80 bits per heavy atom. The average Bonchev–Trinajstić information content (AvgIpc) is 3.29. The highest BCUT2D eigenvalue weighted by Gasteiger charge is 2.45. The Morgan fingerprint density at radius 3 is 2.33 bits per heavy atom. The van der Waals surface area contributed by atoms with Crippen LogP contribution in [0, 0.1) is 24.0 Å². The van der Waals surface area contributed by atoms with Gasteiger partial charge in [-0.3, -0.25) is 14.4 Å². The molecule has 5 N–H and O–H groups in total. The fourth-order valence-electron chi connectivity index (χ4n) is 4.84. The molecule has 3 rings (SSSR count). The summed E-state index contributed by atoms with van der Waals surface area (Å²) in [7, 11) is 0. The third-order valence-electron chi connectivity index (χ3n) is 6.69. The highest BCUT2D eigenvalue weighted by molar-refractivity contribution is 6.00. The lowest BCUT2D eigenvalue weighted by Crippen LogP contribution is -2.54. The Morgan fingerprint density at radius 1 is 1.18 bits per heavy atom. The number of likely N-dealkylation sites (tertiary alicyclic amines) is 1. The van der Waals surface area contributed by atoms with Crippen molar-refractivity contribution in [1.82, 2.24) is 10.2 Å². The first-order chi connectivity index (χ1) is 18.6. The lowest BCUT2D eigenvalue weighted by atomic mass is 9.96. The van der Waals surface area contributed by atoms with E-state index in [-0.39, 0.29) is 28.3 Å². The number of aliphatic hydroxyl groups is 1. The summed E-state index contributed by atoms with van der Waals surface area (Å²) < 4.78 is 33.5. The first-order valence-corrected chi connectivity index (χ1v) is 12.7. The zero-order valence-electron chi connectivity index (χ0n) is 23.0. The third-order valence-corrected chi connectivity index (χ3v) is 6.69. The first kappa shape index (κ1) is 30.4. The van der Waals surface area contributed by atoms with Crippen LogP contribution >= 0.6 is 0 Å². The summed E-state index contributed by atoms with van der Waals surface area (Å²) >= 11 is 0. The number of benzene rings is 2. The van der Waals surface area contributed by atoms with Crippen LogP contribution < -0.4 is 15.8 Å². The van der Waals surface area contributed by atoms with Gasteiger partial charge in [-0.15, -0.1) is 0 Å². The van der Waals surface area contributed by atoms with Crippen LogP contribution in [0.2, 0.25) is 0 Å². The van der Waals surface area contributed by atoms with Crippen molar-refractivity contribution in [1.29, 1.82) is 5.41 Å². The van der Waals surface area contributed by atoms with Crippen LogP contribution in [0.1, 0.15) is 68.1 Å². The SMILES string of the molecule is CC(=N)/C=C(/Oc1ccc(C(=O)N[C@H](C)C(=O)N2C(c3cc(F)cc(F)c3)CCC2C(C)(C)O)cc1C)C(N)=O. The van der Waals surface area contributed by atoms with E-state index in [1.54, 1.807) is 20.8 Å². The summed E-state index contributed by atoms with van der Waals surface area (Å²) in [5.74, 6) is -3.46. The molecule has 0 saturated carbocycles. The number of carbonyl (C=O) groups excluding carboxylic acids is 3. The first-order valence-electron chi connectivity index (χ1n) is 12.7. The zero-order valence-corrected chi connectivity index (χ0v) is 23.0. The molecule has 1 aliphatic heterocycles. The van der Waals surface area contributed by atoms with Crippen LogP contribution in [0.4, 0.5) is 8.78 Å². The number of ether oxygens (including phenoxy) is 1. The van der Waals surface area contributed by atoms with Gasteiger partial charge < -0.3 is 31.2 Å². The summed E-state index contributed by atoms with van der Waals surface area (Å²) in [5.41, 5.74) is 5.05. The Bertz CT molecular complexity index is 1350. The standard InChI is InChI=1S/C29H34F2N4O5/c1-15-10-18(6-8-23(15)40-24(26(33)36)11-16(2)32)27(37)34-17(3)28(38)35-22(7-9-25(35)29(4,5)39)19-12-20(30)14-21(31)13-19/h6,8,10-14,17,22,25,32,39H,7,9H2,1-5H3,(H2,33,36)(H,34,37)/b24-11+,32-16?/t17-,22?,25?/m1/s1. The molecule has 214 valence electrons. The Labute approximate surface area is 231 Å². The van der Waals surface area contributed by atoms with Crippen molar-refractivity contribution in [2.45, 2.75) is 71.2 Å². The molecule has 3 atom stereocenters. The molecule has 0 bridgehead atoms. The van der Waals surface area contributed by atoms with Crippen LogP contribution in [0.3, 0.4) is 0 Å². The molecule has 2 aromatic rings. The lowest BCUT2D eigenvalue weighted by Gasteiger charge is -2.38. The summed E-state index contributed by atoms with van der Waals surface area (Å²) in [5, 5.41) is 20.9. The maximum Gasteiger partial charge on any atom is 0.284 e. The van der Waals surface area contributed by atoms with Crippen LogP contribution in [0.25, 0.3) is 0 Å². The highest BCUT2D eigenvalue weighted by Crippen LogP contribution is 2.41. The van der Waals surface area contributed by atoms with Crippen molar-refractivity contribution in [3.05, 3.63) is 76.6 Å². The van der Waals surface area contributed by atoms with E-state index in [9.17, 15) is 28.3 Å². The van der Waals surface area contributed by atoms with Crippen molar-refractivity contribution in [3.8, 4) is 5.75 Å². The molecule has 1 fully saturated rings. The number of hydrogen-bond acceptors (Lipinski definition) is 6. The maximum atomic E-state index is 14.0. The van der Waals surface area contributed by atoms with E-state index >= 15 is 0 Å². The van der Waals surface area contributed by atoms with Crippen molar-refractivity contribution in [2.24, 2.45) is 5.73 Å². The fraction of sp³-hybridized carbons (Fsp3) is 0.379. The number of hydrogen-bond donors (Lipinski definition) is 4. The van der Waals surface area contributed by atoms with Gasteiger partial charge in [-0.05, 0) is 88.9 Å². The van der Waals surface area contributed by atoms with Crippen LogP contribution in [0.15, 0.2) is 48.2 Å². The molecule has 40 heavy (non-hydrogen) atoms. The number of nitrogens with one attached hydrogen (secondary N) is 2. The molecule has 1 heterocycles. The van der Waals surface area contributed by atoms with Crippen molar-refractivity contribution < 1.29 is 33.0 Å². The molecule has 2 unspecified atom stereocenters. The Hall–Kier alpha value is -4.12. The zero-order chi connectivity index (χ0) is 29.9. The molecule has 1 aliphatic rings. The molecule has 2 aromatic carbocycles. The molecule has 9 nitrogen and oxygen atoms in total. The molecule has 3 amide bonds. The number of halogens is 2. The van der Waals surface area contributed by atoms with E-state index < -0.39 is 53.1 Å². The average molecular weight is 557 g/mol. The van der Waals surface area contributed by atoms with Crippen molar-refractivity contribution in [2.75, 3.05) is 0 Å². The Kier molecular flexibility index (Phi) is 9.09. The summed E-state index contributed by atoms with van der Waals surface area (Å²) in [6.45, 7) is 7.73. The van der Waals surface area contributed by atoms with Crippen LogP contribution in [-0.4, -0.2) is 51.1 Å². The number of amides is 3. The second-order valence-corrected chi connectivity index (χ2v) is 10.5. The van der Waals surface area contributed by atoms with Crippen molar-refractivity contribution >= 4 is 23.4 Å². The second kappa shape index (κ2) is 12.0. The lowest BCUT2D eigenvalue weighted by molar-refractivity contribution is -0.141. The van der Waals surface area contributed by atoms with Gasteiger partial charge in [0.1, 0.15) is 23.4 Å². The molecular weight excluding hydrogens is 522 g/mol. The molecule has 11 heteroatoms. The minimum Gasteiger partial charge on any atom is -0.451 e. The van der Waals surface area contributed by atoms with Gasteiger partial charge in [0.2, 0.25) is 5.91 Å². The monoisotopic (exact) mass is 556 g/mol. The normalized spacial score (nSPS) is 18.3. The van der Waals surface area contributed by atoms with E-state index in [2.05, 4.69) is 5.32 Å². The van der Waals surface area contributed by atoms with E-state index in [0.29, 0.717) is 18.4 Å². The maximum absolute atomic E-state index is 14.0. The van der Waals surface area contributed by atoms with E-state index in [1.807, 2.05) is 0 Å². The minimum atomic E-state index is -1.30. The topological polar surface area (TPSA) is 146 Å². The smallest absolute Gasteiger partial charge is 0.284 e. The highest BCUT2D eigenvalue weighted by atomic mass is 19.1. The number of allylic oxidation sites excluding steroid dienone is 1. The van der Waals surface area contributed by atoms with Gasteiger partial charge in [0.05, 0.1) is 17.7 Å². The number of rotatable bonds is 9. The summed E-state index contributed by atoms with van der Waals surface area (Å²) in [6, 6.07) is 5.12. The van der Waals surface area contributed by atoms with Gasteiger partial charge in [0.25, 0.3) is 11.8 Å². The van der Waals surface area contributed by atoms with E-state index in [4.69, 9.17) is 15.9 Å². The number of primary amides is 1. The summed E-state index contributed by atoms with van der Waals surface area (Å²) in [4.78, 5) is 39.7. The second-order valence-electron chi connectivity index (χ2n) is 10.5. The molecule has 0 aliphatic carbocycles. The van der Waals surface area contributed by atoms with E-state index in [0.717, 1.165) is 6.07 Å². The molecule has 1 saturated heterocycles. The molecule has 0 radical (unpaired) electrons. The number of carbonyl (C=O) groups is 3. The summed E-state index contributed by atoms with van der Waals surface area (Å²) in [6.07, 6.45) is 1.96. The third kappa shape index (κ3) is 7.09. The quantitative estimate of drug-likeness (QED) is 0.211.